The first kappa shape index (κ1) is 20.0. The van der Waals surface area contributed by atoms with Gasteiger partial charge in [0.1, 0.15) is 22.9 Å². The van der Waals surface area contributed by atoms with Crippen LogP contribution in [-0.4, -0.2) is 33.7 Å². The molecule has 0 fully saturated rings. The normalized spacial score (nSPS) is 13.5. The number of anilines is 1. The minimum absolute atomic E-state index is 0.0918. The van der Waals surface area contributed by atoms with Gasteiger partial charge in [-0.15, -0.1) is 11.3 Å². The van der Waals surface area contributed by atoms with Crippen molar-refractivity contribution in [2.75, 3.05) is 12.4 Å². The van der Waals surface area contributed by atoms with Crippen LogP contribution < -0.4 is 5.32 Å². The minimum atomic E-state index is -0.502. The second-order valence-corrected chi connectivity index (χ2v) is 7.85. The topological polar surface area (TPSA) is 116 Å². The van der Waals surface area contributed by atoms with Crippen LogP contribution in [0.15, 0.2) is 0 Å². The molecule has 0 saturated heterocycles. The zero-order valence-electron chi connectivity index (χ0n) is 16.0. The number of esters is 1. The Labute approximate surface area is 165 Å². The van der Waals surface area contributed by atoms with Gasteiger partial charge in [0.15, 0.2) is 0 Å². The van der Waals surface area contributed by atoms with Crippen LogP contribution in [0, 0.1) is 24.0 Å². The van der Waals surface area contributed by atoms with Gasteiger partial charge in [0.2, 0.25) is 5.91 Å². The lowest BCUT2D eigenvalue weighted by molar-refractivity contribution is -0.386. The number of aromatic nitrogens is 2. The van der Waals surface area contributed by atoms with Crippen LogP contribution in [0.5, 0.6) is 0 Å². The quantitative estimate of drug-likeness (QED) is 0.353. The summed E-state index contributed by atoms with van der Waals surface area (Å²) >= 11 is 1.40. The van der Waals surface area contributed by atoms with E-state index in [0.29, 0.717) is 16.3 Å². The molecule has 0 atom stereocenters. The molecule has 2 aromatic rings. The molecular weight excluding hydrogens is 384 g/mol. The van der Waals surface area contributed by atoms with Crippen molar-refractivity contribution in [1.82, 2.24) is 9.78 Å². The van der Waals surface area contributed by atoms with E-state index in [1.54, 1.807) is 6.92 Å². The molecule has 1 aliphatic carbocycles. The number of ether oxygens (including phenoxy) is 1. The van der Waals surface area contributed by atoms with Crippen LogP contribution in [-0.2, 0) is 28.9 Å². The molecule has 0 aromatic carbocycles. The zero-order valence-corrected chi connectivity index (χ0v) is 16.9. The Kier molecular flexibility index (Phi) is 5.78. The average molecular weight is 406 g/mol. The van der Waals surface area contributed by atoms with Crippen molar-refractivity contribution >= 4 is 33.9 Å². The lowest BCUT2D eigenvalue weighted by Gasteiger charge is -2.08. The Balaban J connectivity index is 1.86. The molecule has 1 aliphatic rings. The van der Waals surface area contributed by atoms with Crippen molar-refractivity contribution in [1.29, 1.82) is 0 Å². The van der Waals surface area contributed by atoms with Gasteiger partial charge in [0, 0.05) is 4.88 Å². The number of hydrogen-bond acceptors (Lipinski definition) is 7. The predicted molar refractivity (Wildman–Crippen MR) is 104 cm³/mol. The molecule has 0 unspecified atom stereocenters. The third-order valence-corrected chi connectivity index (χ3v) is 6.09. The van der Waals surface area contributed by atoms with Crippen molar-refractivity contribution in [3.8, 4) is 0 Å². The fourth-order valence-corrected chi connectivity index (χ4v) is 4.85. The highest BCUT2D eigenvalue weighted by atomic mass is 32.1. The molecule has 0 saturated carbocycles. The molecule has 0 spiro atoms. The first-order valence-electron chi connectivity index (χ1n) is 9.04. The fourth-order valence-electron chi connectivity index (χ4n) is 3.56. The molecule has 2 aromatic heterocycles. The number of rotatable bonds is 5. The lowest BCUT2D eigenvalue weighted by atomic mass is 10.1. The van der Waals surface area contributed by atoms with Crippen LogP contribution >= 0.6 is 11.3 Å². The van der Waals surface area contributed by atoms with Crippen LogP contribution in [0.4, 0.5) is 10.7 Å². The van der Waals surface area contributed by atoms with Crippen molar-refractivity contribution in [2.45, 2.75) is 52.5 Å². The third-order valence-electron chi connectivity index (χ3n) is 4.88. The largest absolute Gasteiger partial charge is 0.465 e. The van der Waals surface area contributed by atoms with Gasteiger partial charge in [-0.2, -0.15) is 5.10 Å². The van der Waals surface area contributed by atoms with Crippen LogP contribution in [0.25, 0.3) is 0 Å². The highest BCUT2D eigenvalue weighted by Crippen LogP contribution is 2.38. The molecule has 28 heavy (non-hydrogen) atoms. The summed E-state index contributed by atoms with van der Waals surface area (Å²) in [7, 11) is 1.32. The second kappa shape index (κ2) is 8.09. The number of fused-ring (bicyclic) bond motifs is 1. The maximum atomic E-state index is 12.6. The van der Waals surface area contributed by atoms with Crippen LogP contribution in [0.3, 0.4) is 0 Å². The average Bonchev–Trinajstić information content (AvgIpc) is 2.99. The van der Waals surface area contributed by atoms with Gasteiger partial charge in [0.05, 0.1) is 17.6 Å². The molecule has 150 valence electrons. The van der Waals surface area contributed by atoms with E-state index in [4.69, 9.17) is 4.74 Å². The Bertz CT molecular complexity index is 946. The number of aryl methyl sites for hydroxylation is 2. The summed E-state index contributed by atoms with van der Waals surface area (Å²) in [6, 6.07) is 0. The van der Waals surface area contributed by atoms with E-state index in [0.717, 1.165) is 42.5 Å². The van der Waals surface area contributed by atoms with Gasteiger partial charge in [0.25, 0.3) is 0 Å². The van der Waals surface area contributed by atoms with Crippen LogP contribution in [0.1, 0.15) is 51.4 Å². The summed E-state index contributed by atoms with van der Waals surface area (Å²) in [6.45, 7) is 2.91. The smallest absolute Gasteiger partial charge is 0.341 e. The zero-order chi connectivity index (χ0) is 20.4. The number of thiophene rings is 1. The fraction of sp³-hybridized carbons (Fsp3) is 0.500. The molecule has 9 nitrogen and oxygen atoms in total. The molecule has 3 rings (SSSR count). The van der Waals surface area contributed by atoms with E-state index in [1.807, 2.05) is 0 Å². The van der Waals surface area contributed by atoms with E-state index in [9.17, 15) is 19.7 Å². The molecular formula is C18H22N4O5S. The predicted octanol–water partition coefficient (Wildman–Crippen LogP) is 3.16. The number of carbonyl (C=O) groups is 2. The van der Waals surface area contributed by atoms with E-state index in [1.165, 1.54) is 30.1 Å². The number of amides is 1. The number of methoxy groups -OCH3 is 1. The summed E-state index contributed by atoms with van der Waals surface area (Å²) in [5.74, 6) is -0.862. The first-order chi connectivity index (χ1) is 13.3. The third kappa shape index (κ3) is 3.77. The Morgan fingerprint density at radius 3 is 2.64 bits per heavy atom. The van der Waals surface area contributed by atoms with E-state index in [2.05, 4.69) is 10.4 Å². The van der Waals surface area contributed by atoms with Gasteiger partial charge in [-0.25, -0.2) is 4.79 Å². The number of hydrogen-bond donors (Lipinski definition) is 1. The van der Waals surface area contributed by atoms with Crippen molar-refractivity contribution < 1.29 is 19.2 Å². The van der Waals surface area contributed by atoms with Gasteiger partial charge in [-0.05, 0) is 45.1 Å². The van der Waals surface area contributed by atoms with E-state index in [-0.39, 0.29) is 17.9 Å². The number of nitrogens with zero attached hydrogens (tertiary/aromatic N) is 3. The standard InChI is InChI=1S/C18H22N4O5S/c1-10-16(22(25)26)11(2)21(20-10)9-14(23)19-17-15(18(24)27-3)12-7-5-4-6-8-13(12)28-17/h4-9H2,1-3H3,(H,19,23). The highest BCUT2D eigenvalue weighted by molar-refractivity contribution is 7.17. The van der Waals surface area contributed by atoms with Crippen molar-refractivity contribution in [3.63, 3.8) is 0 Å². The maximum absolute atomic E-state index is 12.6. The monoisotopic (exact) mass is 406 g/mol. The van der Waals surface area contributed by atoms with E-state index >= 15 is 0 Å². The first-order valence-corrected chi connectivity index (χ1v) is 9.86. The summed E-state index contributed by atoms with van der Waals surface area (Å²) < 4.78 is 6.24. The van der Waals surface area contributed by atoms with Crippen molar-refractivity contribution in [2.24, 2.45) is 0 Å². The molecule has 10 heteroatoms. The Morgan fingerprint density at radius 2 is 2.00 bits per heavy atom. The van der Waals surface area contributed by atoms with Gasteiger partial charge in [-0.1, -0.05) is 6.42 Å². The minimum Gasteiger partial charge on any atom is -0.465 e. The van der Waals surface area contributed by atoms with Gasteiger partial charge < -0.3 is 10.1 Å². The maximum Gasteiger partial charge on any atom is 0.341 e. The van der Waals surface area contributed by atoms with Gasteiger partial charge >= 0.3 is 11.7 Å². The van der Waals surface area contributed by atoms with Crippen molar-refractivity contribution in [3.05, 3.63) is 37.5 Å². The summed E-state index contributed by atoms with van der Waals surface area (Å²) in [5.41, 5.74) is 1.87. The number of carbonyl (C=O) groups excluding carboxylic acids is 2. The highest BCUT2D eigenvalue weighted by Gasteiger charge is 2.27. The number of nitro groups is 1. The molecule has 2 heterocycles. The van der Waals surface area contributed by atoms with Crippen LogP contribution in [0.2, 0.25) is 0 Å². The summed E-state index contributed by atoms with van der Waals surface area (Å²) in [6.07, 6.45) is 4.83. The SMILES string of the molecule is COC(=O)c1c(NC(=O)Cn2nc(C)c([N+](=O)[O-])c2C)sc2c1CCCCC2. The summed E-state index contributed by atoms with van der Waals surface area (Å²) in [4.78, 5) is 36.7. The van der Waals surface area contributed by atoms with E-state index < -0.39 is 16.8 Å². The molecule has 0 bridgehead atoms. The molecule has 0 aliphatic heterocycles. The Hall–Kier alpha value is -2.75. The second-order valence-electron chi connectivity index (χ2n) is 6.74. The molecule has 0 radical (unpaired) electrons. The van der Waals surface area contributed by atoms with Gasteiger partial charge in [-0.3, -0.25) is 19.6 Å². The summed E-state index contributed by atoms with van der Waals surface area (Å²) in [5, 5.41) is 18.5. The molecule has 1 N–H and O–H groups in total. The molecule has 1 amide bonds. The lowest BCUT2D eigenvalue weighted by Crippen LogP contribution is -2.21. The Morgan fingerprint density at radius 1 is 1.29 bits per heavy atom. The number of nitrogens with one attached hydrogen (secondary N) is 1.